The van der Waals surface area contributed by atoms with E-state index in [0.29, 0.717) is 12.8 Å². The minimum atomic E-state index is -1.02. The highest BCUT2D eigenvalue weighted by atomic mass is 16.4. The molecule has 0 aromatic heterocycles. The van der Waals surface area contributed by atoms with Crippen LogP contribution in [0.2, 0.25) is 0 Å². The molecule has 1 aromatic carbocycles. The van der Waals surface area contributed by atoms with Crippen molar-refractivity contribution in [2.24, 2.45) is 5.73 Å². The van der Waals surface area contributed by atoms with Gasteiger partial charge in [0.1, 0.15) is 6.04 Å². The van der Waals surface area contributed by atoms with Gasteiger partial charge in [-0.2, -0.15) is 0 Å². The van der Waals surface area contributed by atoms with Crippen LogP contribution in [0.25, 0.3) is 0 Å². The van der Waals surface area contributed by atoms with Gasteiger partial charge in [0.2, 0.25) is 5.91 Å². The largest absolute Gasteiger partial charge is 0.480 e. The van der Waals surface area contributed by atoms with E-state index in [-0.39, 0.29) is 12.3 Å². The van der Waals surface area contributed by atoms with Gasteiger partial charge in [-0.25, -0.2) is 4.79 Å². The third kappa shape index (κ3) is 6.33. The Morgan fingerprint density at radius 2 is 1.90 bits per heavy atom. The van der Waals surface area contributed by atoms with Gasteiger partial charge in [0.05, 0.1) is 0 Å². The van der Waals surface area contributed by atoms with Crippen molar-refractivity contribution in [3.05, 3.63) is 35.9 Å². The van der Waals surface area contributed by atoms with Crippen LogP contribution in [0.5, 0.6) is 0 Å². The number of carboxylic acid groups (broad SMARTS) is 1. The molecule has 1 atom stereocenters. The molecule has 0 saturated carbocycles. The topological polar surface area (TPSA) is 92.4 Å². The number of nitrogens with one attached hydrogen (secondary N) is 1. The van der Waals surface area contributed by atoms with Crippen molar-refractivity contribution < 1.29 is 14.7 Å². The Labute approximate surface area is 119 Å². The highest BCUT2D eigenvalue weighted by Gasteiger charge is 2.23. The maximum absolute atomic E-state index is 11.7. The second kappa shape index (κ2) is 7.05. The van der Waals surface area contributed by atoms with Crippen LogP contribution in [-0.4, -0.2) is 28.6 Å². The van der Waals surface area contributed by atoms with E-state index < -0.39 is 17.6 Å². The van der Waals surface area contributed by atoms with Crippen LogP contribution < -0.4 is 11.1 Å². The number of benzene rings is 1. The van der Waals surface area contributed by atoms with E-state index >= 15 is 0 Å². The van der Waals surface area contributed by atoms with Crippen LogP contribution in [0.4, 0.5) is 0 Å². The maximum atomic E-state index is 11.7. The number of aliphatic carboxylic acids is 1. The monoisotopic (exact) mass is 278 g/mol. The summed E-state index contributed by atoms with van der Waals surface area (Å²) < 4.78 is 0. The minimum absolute atomic E-state index is 0.0993. The zero-order valence-corrected chi connectivity index (χ0v) is 11.9. The summed E-state index contributed by atoms with van der Waals surface area (Å²) in [6.07, 6.45) is 1.06. The molecule has 1 amide bonds. The first-order chi connectivity index (χ1) is 9.28. The lowest BCUT2D eigenvalue weighted by Crippen LogP contribution is -2.45. The normalized spacial score (nSPS) is 12.8. The number of carbonyl (C=O) groups is 2. The van der Waals surface area contributed by atoms with E-state index in [0.717, 1.165) is 5.56 Å². The van der Waals surface area contributed by atoms with Crippen LogP contribution in [0.3, 0.4) is 0 Å². The number of hydrogen-bond donors (Lipinski definition) is 3. The third-order valence-electron chi connectivity index (χ3n) is 2.81. The molecule has 110 valence electrons. The highest BCUT2D eigenvalue weighted by molar-refractivity contribution is 5.84. The van der Waals surface area contributed by atoms with E-state index in [9.17, 15) is 9.59 Å². The molecule has 0 aliphatic rings. The van der Waals surface area contributed by atoms with Crippen LogP contribution in [0, 0.1) is 0 Å². The summed E-state index contributed by atoms with van der Waals surface area (Å²) in [5.74, 6) is -1.36. The van der Waals surface area contributed by atoms with Crippen LogP contribution in [0.15, 0.2) is 30.3 Å². The molecular formula is C15H22N2O3. The van der Waals surface area contributed by atoms with Crippen molar-refractivity contribution in [2.45, 2.75) is 44.7 Å². The quantitative estimate of drug-likeness (QED) is 0.701. The van der Waals surface area contributed by atoms with Gasteiger partial charge in [-0.1, -0.05) is 30.3 Å². The lowest BCUT2D eigenvalue weighted by atomic mass is 10.0. The van der Waals surface area contributed by atoms with Gasteiger partial charge < -0.3 is 16.2 Å². The summed E-state index contributed by atoms with van der Waals surface area (Å²) in [5.41, 5.74) is 6.15. The molecule has 0 saturated heterocycles. The fourth-order valence-corrected chi connectivity index (χ4v) is 1.87. The number of nitrogens with two attached hydrogens (primary N) is 1. The summed E-state index contributed by atoms with van der Waals surface area (Å²) in [6.45, 7) is 3.46. The number of amides is 1. The molecule has 5 nitrogen and oxygen atoms in total. The Kier molecular flexibility index (Phi) is 5.70. The first-order valence-corrected chi connectivity index (χ1v) is 6.63. The molecule has 4 N–H and O–H groups in total. The van der Waals surface area contributed by atoms with Crippen molar-refractivity contribution in [2.75, 3.05) is 0 Å². The fraction of sp³-hybridized carbons (Fsp3) is 0.467. The van der Waals surface area contributed by atoms with Crippen molar-refractivity contribution >= 4 is 11.9 Å². The lowest BCUT2D eigenvalue weighted by Gasteiger charge is -2.20. The fourth-order valence-electron chi connectivity index (χ4n) is 1.87. The van der Waals surface area contributed by atoms with Gasteiger partial charge in [-0.15, -0.1) is 0 Å². The van der Waals surface area contributed by atoms with E-state index in [1.54, 1.807) is 13.8 Å². The number of aryl methyl sites for hydroxylation is 1. The zero-order chi connectivity index (χ0) is 15.2. The minimum Gasteiger partial charge on any atom is -0.480 e. The van der Waals surface area contributed by atoms with Crippen LogP contribution in [-0.2, 0) is 16.0 Å². The second-order valence-electron chi connectivity index (χ2n) is 5.65. The lowest BCUT2D eigenvalue weighted by molar-refractivity contribution is -0.142. The SMILES string of the molecule is CC(C)(N)CC(=O)N[C@@H](CCc1ccccc1)C(=O)O. The molecule has 1 aromatic rings. The molecule has 0 spiro atoms. The molecule has 0 aliphatic carbocycles. The van der Waals surface area contributed by atoms with Crippen LogP contribution in [0.1, 0.15) is 32.3 Å². The first-order valence-electron chi connectivity index (χ1n) is 6.63. The molecular weight excluding hydrogens is 256 g/mol. The summed E-state index contributed by atoms with van der Waals surface area (Å²) in [4.78, 5) is 22.9. The Balaban J connectivity index is 2.53. The zero-order valence-electron chi connectivity index (χ0n) is 11.9. The molecule has 0 heterocycles. The Bertz CT molecular complexity index is 452. The third-order valence-corrected chi connectivity index (χ3v) is 2.81. The van der Waals surface area contributed by atoms with Crippen molar-refractivity contribution in [3.63, 3.8) is 0 Å². The Morgan fingerprint density at radius 3 is 2.40 bits per heavy atom. The predicted octanol–water partition coefficient (Wildman–Crippen LogP) is 1.32. The molecule has 0 aliphatic heterocycles. The smallest absolute Gasteiger partial charge is 0.326 e. The number of carboxylic acids is 1. The number of carbonyl (C=O) groups excluding carboxylic acids is 1. The Morgan fingerprint density at radius 1 is 1.30 bits per heavy atom. The van der Waals surface area contributed by atoms with Gasteiger partial charge >= 0.3 is 5.97 Å². The Hall–Kier alpha value is -1.88. The van der Waals surface area contributed by atoms with Crippen molar-refractivity contribution in [1.82, 2.24) is 5.32 Å². The highest BCUT2D eigenvalue weighted by Crippen LogP contribution is 2.07. The molecule has 0 bridgehead atoms. The standard InChI is InChI=1S/C15H22N2O3/c1-15(2,16)10-13(18)17-12(14(19)20)9-8-11-6-4-3-5-7-11/h3-7,12H,8-10,16H2,1-2H3,(H,17,18)(H,19,20)/t12-/m0/s1. The number of rotatable bonds is 7. The average Bonchev–Trinajstić information content (AvgIpc) is 2.33. The maximum Gasteiger partial charge on any atom is 0.326 e. The van der Waals surface area contributed by atoms with Gasteiger partial charge in [-0.05, 0) is 32.3 Å². The summed E-state index contributed by atoms with van der Waals surface area (Å²) in [5, 5.41) is 11.7. The van der Waals surface area contributed by atoms with Crippen molar-refractivity contribution in [1.29, 1.82) is 0 Å². The number of hydrogen-bond acceptors (Lipinski definition) is 3. The molecule has 1 rings (SSSR count). The second-order valence-corrected chi connectivity index (χ2v) is 5.65. The van der Waals surface area contributed by atoms with E-state index in [1.165, 1.54) is 0 Å². The summed E-state index contributed by atoms with van der Waals surface area (Å²) >= 11 is 0. The molecule has 20 heavy (non-hydrogen) atoms. The van der Waals surface area contributed by atoms with E-state index in [1.807, 2.05) is 30.3 Å². The molecule has 0 unspecified atom stereocenters. The average molecular weight is 278 g/mol. The summed E-state index contributed by atoms with van der Waals surface area (Å²) in [6, 6.07) is 8.70. The summed E-state index contributed by atoms with van der Waals surface area (Å²) in [7, 11) is 0. The van der Waals surface area contributed by atoms with Crippen molar-refractivity contribution in [3.8, 4) is 0 Å². The predicted molar refractivity (Wildman–Crippen MR) is 77.2 cm³/mol. The van der Waals surface area contributed by atoms with Gasteiger partial charge in [-0.3, -0.25) is 4.79 Å². The van der Waals surface area contributed by atoms with Gasteiger partial charge in [0.25, 0.3) is 0 Å². The van der Waals surface area contributed by atoms with Crippen LogP contribution >= 0.6 is 0 Å². The van der Waals surface area contributed by atoms with Gasteiger partial charge in [0.15, 0.2) is 0 Å². The molecule has 0 fully saturated rings. The molecule has 5 heteroatoms. The molecule has 0 radical (unpaired) electrons. The first kappa shape index (κ1) is 16.2. The van der Waals surface area contributed by atoms with Gasteiger partial charge in [0, 0.05) is 12.0 Å². The van der Waals surface area contributed by atoms with E-state index in [4.69, 9.17) is 10.8 Å². The van der Waals surface area contributed by atoms with E-state index in [2.05, 4.69) is 5.32 Å².